The van der Waals surface area contributed by atoms with Gasteiger partial charge < -0.3 is 15.4 Å². The molecular formula is C23H28N4O4. The molecule has 0 aliphatic rings. The van der Waals surface area contributed by atoms with E-state index >= 15 is 0 Å². The predicted octanol–water partition coefficient (Wildman–Crippen LogP) is 2.69. The zero-order valence-corrected chi connectivity index (χ0v) is 18.2. The lowest BCUT2D eigenvalue weighted by Crippen LogP contribution is -2.41. The molecule has 3 N–H and O–H groups in total. The highest BCUT2D eigenvalue weighted by molar-refractivity contribution is 6.35. The molecule has 0 aliphatic heterocycles. The first-order chi connectivity index (χ1) is 14.8. The molecular weight excluding hydrogens is 396 g/mol. The number of nitrogens with one attached hydrogen (secondary N) is 3. The van der Waals surface area contributed by atoms with E-state index in [1.807, 2.05) is 45.9 Å². The van der Waals surface area contributed by atoms with Crippen LogP contribution in [0.25, 0.3) is 0 Å². The van der Waals surface area contributed by atoms with Crippen LogP contribution < -0.4 is 20.8 Å². The lowest BCUT2D eigenvalue weighted by Gasteiger charge is -2.09. The number of benzene rings is 2. The van der Waals surface area contributed by atoms with Gasteiger partial charge in [-0.2, -0.15) is 5.10 Å². The third-order valence-electron chi connectivity index (χ3n) is 4.62. The Labute approximate surface area is 182 Å². The number of carbonyl (C=O) groups excluding carboxylic acids is 3. The average molecular weight is 425 g/mol. The molecule has 3 amide bonds. The maximum Gasteiger partial charge on any atom is 0.329 e. The molecule has 2 aromatic rings. The molecule has 8 nitrogen and oxygen atoms in total. The summed E-state index contributed by atoms with van der Waals surface area (Å²) in [5.41, 5.74) is 5.85. The molecule has 0 aliphatic carbocycles. The van der Waals surface area contributed by atoms with Gasteiger partial charge in [0.2, 0.25) is 0 Å². The zero-order valence-electron chi connectivity index (χ0n) is 18.2. The molecule has 0 radical (unpaired) electrons. The van der Waals surface area contributed by atoms with E-state index < -0.39 is 11.8 Å². The maximum absolute atomic E-state index is 12.1. The number of hydrogen-bond donors (Lipinski definition) is 3. The van der Waals surface area contributed by atoms with Gasteiger partial charge in [-0.25, -0.2) is 5.43 Å². The Kier molecular flexibility index (Phi) is 8.75. The molecule has 2 rings (SSSR count). The molecule has 0 saturated heterocycles. The Balaban J connectivity index is 1.78. The Morgan fingerprint density at radius 2 is 1.74 bits per heavy atom. The van der Waals surface area contributed by atoms with Crippen LogP contribution in [0, 0.1) is 13.8 Å². The van der Waals surface area contributed by atoms with Gasteiger partial charge in [-0.1, -0.05) is 13.0 Å². The molecule has 0 aromatic heterocycles. The number of ether oxygens (including phenoxy) is 1. The average Bonchev–Trinajstić information content (AvgIpc) is 2.75. The minimum absolute atomic E-state index is 0.0853. The van der Waals surface area contributed by atoms with E-state index in [2.05, 4.69) is 21.2 Å². The van der Waals surface area contributed by atoms with Crippen LogP contribution in [0.3, 0.4) is 0 Å². The fourth-order valence-corrected chi connectivity index (χ4v) is 2.42. The van der Waals surface area contributed by atoms with E-state index in [-0.39, 0.29) is 18.6 Å². The summed E-state index contributed by atoms with van der Waals surface area (Å²) in [7, 11) is 0. The SMILES string of the molecule is CC[C@H](C)NC(=O)C(=O)N/N=C\c1ccc(OCC(=O)Nc2ccc(C)c(C)c2)cc1. The van der Waals surface area contributed by atoms with Crippen molar-refractivity contribution in [1.82, 2.24) is 10.7 Å². The minimum atomic E-state index is -0.828. The predicted molar refractivity (Wildman–Crippen MR) is 120 cm³/mol. The number of rotatable bonds is 8. The van der Waals surface area contributed by atoms with Crippen molar-refractivity contribution in [3.05, 3.63) is 59.2 Å². The Morgan fingerprint density at radius 1 is 1.03 bits per heavy atom. The highest BCUT2D eigenvalue weighted by Crippen LogP contribution is 2.15. The van der Waals surface area contributed by atoms with Gasteiger partial charge in [-0.3, -0.25) is 14.4 Å². The van der Waals surface area contributed by atoms with Crippen molar-refractivity contribution in [3.63, 3.8) is 0 Å². The third kappa shape index (κ3) is 7.93. The summed E-state index contributed by atoms with van der Waals surface area (Å²) in [4.78, 5) is 35.4. The highest BCUT2D eigenvalue weighted by atomic mass is 16.5. The van der Waals surface area contributed by atoms with Gasteiger partial charge in [0, 0.05) is 11.7 Å². The molecule has 0 unspecified atom stereocenters. The molecule has 0 saturated carbocycles. The monoisotopic (exact) mass is 424 g/mol. The second-order valence-electron chi connectivity index (χ2n) is 7.19. The molecule has 0 fully saturated rings. The number of aryl methyl sites for hydroxylation is 2. The first-order valence-electron chi connectivity index (χ1n) is 10.0. The van der Waals surface area contributed by atoms with E-state index in [1.54, 1.807) is 24.3 Å². The summed E-state index contributed by atoms with van der Waals surface area (Å²) >= 11 is 0. The maximum atomic E-state index is 12.1. The second kappa shape index (κ2) is 11.5. The molecule has 0 spiro atoms. The summed E-state index contributed by atoms with van der Waals surface area (Å²) in [6, 6.07) is 12.4. The Hall–Kier alpha value is -3.68. The van der Waals surface area contributed by atoms with Crippen molar-refractivity contribution in [2.75, 3.05) is 11.9 Å². The number of hydrazone groups is 1. The summed E-state index contributed by atoms with van der Waals surface area (Å²) < 4.78 is 5.49. The van der Waals surface area contributed by atoms with Crippen LogP contribution in [-0.2, 0) is 14.4 Å². The van der Waals surface area contributed by atoms with Gasteiger partial charge in [0.1, 0.15) is 5.75 Å². The first kappa shape index (κ1) is 23.6. The Bertz CT molecular complexity index is 955. The molecule has 0 bridgehead atoms. The van der Waals surface area contributed by atoms with Crippen molar-refractivity contribution in [2.24, 2.45) is 5.10 Å². The molecule has 1 atom stereocenters. The lowest BCUT2D eigenvalue weighted by molar-refractivity contribution is -0.139. The van der Waals surface area contributed by atoms with E-state index in [4.69, 9.17) is 4.74 Å². The summed E-state index contributed by atoms with van der Waals surface area (Å²) in [5, 5.41) is 9.12. The zero-order chi connectivity index (χ0) is 22.8. The summed E-state index contributed by atoms with van der Waals surface area (Å²) in [6.45, 7) is 7.59. The highest BCUT2D eigenvalue weighted by Gasteiger charge is 2.14. The van der Waals surface area contributed by atoms with Crippen LogP contribution in [0.2, 0.25) is 0 Å². The normalized spacial score (nSPS) is 11.6. The standard InChI is InChI=1S/C23H28N4O4/c1-5-17(4)25-22(29)23(30)27-24-13-18-7-10-20(11-8-18)31-14-21(28)26-19-9-6-15(2)16(3)12-19/h6-13,17H,5,14H2,1-4H3,(H,25,29)(H,26,28)(H,27,30)/b24-13-/t17-/m0/s1. The lowest BCUT2D eigenvalue weighted by atomic mass is 10.1. The first-order valence-corrected chi connectivity index (χ1v) is 10.0. The van der Waals surface area contributed by atoms with Gasteiger partial charge in [-0.05, 0) is 80.3 Å². The van der Waals surface area contributed by atoms with Crippen LogP contribution in [-0.4, -0.2) is 36.6 Å². The topological polar surface area (TPSA) is 109 Å². The van der Waals surface area contributed by atoms with Crippen LogP contribution in [0.4, 0.5) is 5.69 Å². The molecule has 8 heteroatoms. The van der Waals surface area contributed by atoms with Crippen molar-refractivity contribution in [2.45, 2.75) is 40.2 Å². The molecule has 31 heavy (non-hydrogen) atoms. The summed E-state index contributed by atoms with van der Waals surface area (Å²) in [6.07, 6.45) is 2.13. The third-order valence-corrected chi connectivity index (χ3v) is 4.62. The van der Waals surface area contributed by atoms with E-state index in [0.29, 0.717) is 11.3 Å². The number of amides is 3. The van der Waals surface area contributed by atoms with Crippen LogP contribution in [0.1, 0.15) is 37.0 Å². The van der Waals surface area contributed by atoms with Gasteiger partial charge >= 0.3 is 11.8 Å². The van der Waals surface area contributed by atoms with E-state index in [9.17, 15) is 14.4 Å². The fraction of sp³-hybridized carbons (Fsp3) is 0.304. The summed E-state index contributed by atoms with van der Waals surface area (Å²) in [5.74, 6) is -1.29. The Morgan fingerprint density at radius 3 is 2.39 bits per heavy atom. The van der Waals surface area contributed by atoms with Crippen LogP contribution in [0.5, 0.6) is 5.75 Å². The molecule has 0 heterocycles. The van der Waals surface area contributed by atoms with Gasteiger partial charge in [0.25, 0.3) is 5.91 Å². The van der Waals surface area contributed by atoms with Gasteiger partial charge in [0.05, 0.1) is 6.21 Å². The van der Waals surface area contributed by atoms with Crippen molar-refractivity contribution in [1.29, 1.82) is 0 Å². The van der Waals surface area contributed by atoms with Gasteiger partial charge in [0.15, 0.2) is 6.61 Å². The number of carbonyl (C=O) groups is 3. The second-order valence-corrected chi connectivity index (χ2v) is 7.19. The van der Waals surface area contributed by atoms with E-state index in [0.717, 1.165) is 23.2 Å². The molecule has 164 valence electrons. The quantitative estimate of drug-likeness (QED) is 0.344. The van der Waals surface area contributed by atoms with E-state index in [1.165, 1.54) is 6.21 Å². The number of hydrogen-bond acceptors (Lipinski definition) is 5. The smallest absolute Gasteiger partial charge is 0.329 e. The fourth-order valence-electron chi connectivity index (χ4n) is 2.42. The van der Waals surface area contributed by atoms with Crippen molar-refractivity contribution in [3.8, 4) is 5.75 Å². The molecule has 2 aromatic carbocycles. The van der Waals surface area contributed by atoms with Crippen LogP contribution >= 0.6 is 0 Å². The van der Waals surface area contributed by atoms with Gasteiger partial charge in [-0.15, -0.1) is 0 Å². The largest absolute Gasteiger partial charge is 0.484 e. The van der Waals surface area contributed by atoms with Crippen molar-refractivity contribution >= 4 is 29.6 Å². The number of anilines is 1. The van der Waals surface area contributed by atoms with Crippen molar-refractivity contribution < 1.29 is 19.1 Å². The number of nitrogens with zero attached hydrogens (tertiary/aromatic N) is 1. The van der Waals surface area contributed by atoms with Crippen LogP contribution in [0.15, 0.2) is 47.6 Å². The minimum Gasteiger partial charge on any atom is -0.484 e.